The van der Waals surface area contributed by atoms with E-state index >= 15 is 0 Å². The molecule has 0 aliphatic carbocycles. The average molecular weight is 433 g/mol. The minimum Gasteiger partial charge on any atom is -0.497 e. The molecule has 0 bridgehead atoms. The highest BCUT2D eigenvalue weighted by Crippen LogP contribution is 2.19. The second kappa shape index (κ2) is 10.3. The summed E-state index contributed by atoms with van der Waals surface area (Å²) < 4.78 is 10.9. The normalized spacial score (nSPS) is 12.1. The lowest BCUT2D eigenvalue weighted by Crippen LogP contribution is -2.53. The largest absolute Gasteiger partial charge is 0.497 e. The van der Waals surface area contributed by atoms with Crippen LogP contribution in [0.5, 0.6) is 11.5 Å². The molecule has 0 saturated heterocycles. The molecular formula is C23H29ClN2O4. The monoisotopic (exact) mass is 432 g/mol. The Balaban J connectivity index is 2.19. The number of benzene rings is 2. The number of hydrogen-bond acceptors (Lipinski definition) is 4. The molecule has 30 heavy (non-hydrogen) atoms. The first-order valence-corrected chi connectivity index (χ1v) is 10.1. The van der Waals surface area contributed by atoms with Gasteiger partial charge in [0.25, 0.3) is 5.91 Å². The Labute approximate surface area is 183 Å². The van der Waals surface area contributed by atoms with Crippen molar-refractivity contribution in [1.82, 2.24) is 10.2 Å². The van der Waals surface area contributed by atoms with Crippen LogP contribution < -0.4 is 14.8 Å². The van der Waals surface area contributed by atoms with Crippen LogP contribution in [0.25, 0.3) is 0 Å². The summed E-state index contributed by atoms with van der Waals surface area (Å²) in [5.41, 5.74) is 0.439. The number of carbonyl (C=O) groups excluding carboxylic acids is 2. The number of carbonyl (C=O) groups is 2. The van der Waals surface area contributed by atoms with Crippen molar-refractivity contribution < 1.29 is 19.1 Å². The lowest BCUT2D eigenvalue weighted by molar-refractivity contribution is -0.142. The van der Waals surface area contributed by atoms with E-state index in [2.05, 4.69) is 5.32 Å². The number of nitrogens with zero attached hydrogens (tertiary/aromatic N) is 1. The van der Waals surface area contributed by atoms with E-state index < -0.39 is 11.6 Å². The van der Waals surface area contributed by atoms with E-state index in [1.807, 2.05) is 45.0 Å². The Morgan fingerprint density at radius 3 is 2.40 bits per heavy atom. The standard InChI is InChI=1S/C23H29ClN2O4/c1-16(22(28)25-23(2,3)4)26(14-17-8-6-10-19(12-17)29-5)21(27)15-30-20-11-7-9-18(24)13-20/h6-13,16H,14-15H2,1-5H3,(H,25,28)/t16-/m0/s1. The molecule has 0 fully saturated rings. The van der Waals surface area contributed by atoms with Gasteiger partial charge in [-0.15, -0.1) is 0 Å². The number of ether oxygens (including phenoxy) is 2. The van der Waals surface area contributed by atoms with E-state index in [1.54, 1.807) is 38.3 Å². The van der Waals surface area contributed by atoms with E-state index in [0.717, 1.165) is 5.56 Å². The van der Waals surface area contributed by atoms with Gasteiger partial charge in [-0.25, -0.2) is 0 Å². The van der Waals surface area contributed by atoms with Crippen molar-refractivity contribution >= 4 is 23.4 Å². The number of methoxy groups -OCH3 is 1. The van der Waals surface area contributed by atoms with Crippen molar-refractivity contribution in [3.05, 3.63) is 59.1 Å². The van der Waals surface area contributed by atoms with E-state index in [9.17, 15) is 9.59 Å². The summed E-state index contributed by atoms with van der Waals surface area (Å²) in [4.78, 5) is 27.3. The first kappa shape index (κ1) is 23.5. The maximum atomic E-state index is 13.0. The summed E-state index contributed by atoms with van der Waals surface area (Å²) in [7, 11) is 1.58. The minimum atomic E-state index is -0.689. The van der Waals surface area contributed by atoms with Crippen LogP contribution in [-0.2, 0) is 16.1 Å². The van der Waals surface area contributed by atoms with Crippen molar-refractivity contribution in [2.24, 2.45) is 0 Å². The van der Waals surface area contributed by atoms with Crippen LogP contribution in [0.1, 0.15) is 33.3 Å². The fourth-order valence-corrected chi connectivity index (χ4v) is 2.99. The van der Waals surface area contributed by atoms with Crippen LogP contribution in [0.15, 0.2) is 48.5 Å². The van der Waals surface area contributed by atoms with Gasteiger partial charge in [0.1, 0.15) is 17.5 Å². The van der Waals surface area contributed by atoms with Gasteiger partial charge in [-0.3, -0.25) is 9.59 Å². The van der Waals surface area contributed by atoms with E-state index in [0.29, 0.717) is 16.5 Å². The van der Waals surface area contributed by atoms with Crippen LogP contribution >= 0.6 is 11.6 Å². The van der Waals surface area contributed by atoms with Crippen LogP contribution in [-0.4, -0.2) is 42.0 Å². The summed E-state index contributed by atoms with van der Waals surface area (Å²) in [6, 6.07) is 13.5. The molecule has 0 aliphatic heterocycles. The summed E-state index contributed by atoms with van der Waals surface area (Å²) in [5.74, 6) is 0.627. The van der Waals surface area contributed by atoms with Crippen LogP contribution in [0.4, 0.5) is 0 Å². The van der Waals surface area contributed by atoms with Crippen molar-refractivity contribution in [3.8, 4) is 11.5 Å². The smallest absolute Gasteiger partial charge is 0.261 e. The quantitative estimate of drug-likeness (QED) is 0.683. The van der Waals surface area contributed by atoms with Gasteiger partial charge in [0.2, 0.25) is 5.91 Å². The molecule has 2 rings (SSSR count). The van der Waals surface area contributed by atoms with Gasteiger partial charge in [0.15, 0.2) is 6.61 Å². The SMILES string of the molecule is COc1cccc(CN(C(=O)COc2cccc(Cl)c2)[C@@H](C)C(=O)NC(C)(C)C)c1. The third-order valence-electron chi connectivity index (χ3n) is 4.31. The zero-order chi connectivity index (χ0) is 22.3. The Morgan fingerprint density at radius 2 is 1.77 bits per heavy atom. The van der Waals surface area contributed by atoms with Gasteiger partial charge in [0.05, 0.1) is 7.11 Å². The topological polar surface area (TPSA) is 67.9 Å². The Kier molecular flexibility index (Phi) is 8.12. The highest BCUT2D eigenvalue weighted by atomic mass is 35.5. The Morgan fingerprint density at radius 1 is 1.10 bits per heavy atom. The molecule has 2 aromatic carbocycles. The Bertz CT molecular complexity index is 880. The number of amides is 2. The molecular weight excluding hydrogens is 404 g/mol. The third-order valence-corrected chi connectivity index (χ3v) is 4.55. The molecule has 0 unspecified atom stereocenters. The second-order valence-electron chi connectivity index (χ2n) is 8.03. The molecule has 0 radical (unpaired) electrons. The lowest BCUT2D eigenvalue weighted by Gasteiger charge is -2.31. The number of rotatable bonds is 8. The molecule has 0 heterocycles. The lowest BCUT2D eigenvalue weighted by atomic mass is 10.1. The van der Waals surface area contributed by atoms with E-state index in [4.69, 9.17) is 21.1 Å². The number of hydrogen-bond donors (Lipinski definition) is 1. The molecule has 0 saturated carbocycles. The third kappa shape index (κ3) is 7.26. The highest BCUT2D eigenvalue weighted by Gasteiger charge is 2.28. The minimum absolute atomic E-state index is 0.211. The summed E-state index contributed by atoms with van der Waals surface area (Å²) >= 11 is 5.97. The average Bonchev–Trinajstić information content (AvgIpc) is 2.68. The van der Waals surface area contributed by atoms with Crippen molar-refractivity contribution in [2.45, 2.75) is 45.8 Å². The first-order valence-electron chi connectivity index (χ1n) is 9.72. The first-order chi connectivity index (χ1) is 14.1. The maximum Gasteiger partial charge on any atom is 0.261 e. The predicted molar refractivity (Wildman–Crippen MR) is 118 cm³/mol. The Hall–Kier alpha value is -2.73. The summed E-state index contributed by atoms with van der Waals surface area (Å²) in [5, 5.41) is 3.45. The molecule has 1 N–H and O–H groups in total. The van der Waals surface area contributed by atoms with Gasteiger partial charge in [0, 0.05) is 17.1 Å². The predicted octanol–water partition coefficient (Wildman–Crippen LogP) is 4.06. The summed E-state index contributed by atoms with van der Waals surface area (Å²) in [6.45, 7) is 7.43. The molecule has 0 aromatic heterocycles. The number of nitrogens with one attached hydrogen (secondary N) is 1. The molecule has 2 aromatic rings. The van der Waals surface area contributed by atoms with Gasteiger partial charge in [-0.2, -0.15) is 0 Å². The molecule has 2 amide bonds. The van der Waals surface area contributed by atoms with Crippen molar-refractivity contribution in [1.29, 1.82) is 0 Å². The molecule has 1 atom stereocenters. The second-order valence-corrected chi connectivity index (χ2v) is 8.47. The van der Waals surface area contributed by atoms with Gasteiger partial charge in [-0.1, -0.05) is 29.8 Å². The van der Waals surface area contributed by atoms with Gasteiger partial charge in [-0.05, 0) is 63.6 Å². The molecule has 0 spiro atoms. The van der Waals surface area contributed by atoms with E-state index in [-0.39, 0.29) is 25.0 Å². The number of halogens is 1. The molecule has 0 aliphatic rings. The molecule has 6 nitrogen and oxygen atoms in total. The van der Waals surface area contributed by atoms with E-state index in [1.165, 1.54) is 4.90 Å². The zero-order valence-electron chi connectivity index (χ0n) is 18.1. The fourth-order valence-electron chi connectivity index (χ4n) is 2.81. The van der Waals surface area contributed by atoms with Crippen LogP contribution in [0, 0.1) is 0 Å². The maximum absolute atomic E-state index is 13.0. The van der Waals surface area contributed by atoms with Crippen LogP contribution in [0.3, 0.4) is 0 Å². The van der Waals surface area contributed by atoms with Gasteiger partial charge >= 0.3 is 0 Å². The molecule has 162 valence electrons. The van der Waals surface area contributed by atoms with Crippen molar-refractivity contribution in [3.63, 3.8) is 0 Å². The highest BCUT2D eigenvalue weighted by molar-refractivity contribution is 6.30. The van der Waals surface area contributed by atoms with Crippen molar-refractivity contribution in [2.75, 3.05) is 13.7 Å². The zero-order valence-corrected chi connectivity index (χ0v) is 18.8. The molecule has 7 heteroatoms. The van der Waals surface area contributed by atoms with Gasteiger partial charge < -0.3 is 19.7 Å². The summed E-state index contributed by atoms with van der Waals surface area (Å²) in [6.07, 6.45) is 0. The fraction of sp³-hybridized carbons (Fsp3) is 0.391. The van der Waals surface area contributed by atoms with Crippen LogP contribution in [0.2, 0.25) is 5.02 Å².